The Balaban J connectivity index is 1.52. The van der Waals surface area contributed by atoms with Gasteiger partial charge in [0.2, 0.25) is 5.91 Å². The van der Waals surface area contributed by atoms with E-state index in [0.717, 1.165) is 12.8 Å². The molecule has 2 aliphatic heterocycles. The SMILES string of the molecule is O=C(CN1CC[C@H](O)[C@]2(CCCO2)C1)Nc1ccc(OC(F)F)cc1. The number of halogens is 2. The third-order valence-electron chi connectivity index (χ3n) is 4.68. The summed E-state index contributed by atoms with van der Waals surface area (Å²) in [6.45, 7) is -0.888. The van der Waals surface area contributed by atoms with E-state index in [2.05, 4.69) is 10.1 Å². The molecule has 2 heterocycles. The molecule has 0 unspecified atom stereocenters. The van der Waals surface area contributed by atoms with Gasteiger partial charge in [0.25, 0.3) is 0 Å². The number of ether oxygens (including phenoxy) is 2. The molecule has 0 aliphatic carbocycles. The predicted octanol–water partition coefficient (Wildman–Crippen LogP) is 1.84. The predicted molar refractivity (Wildman–Crippen MR) is 86.7 cm³/mol. The number of aliphatic hydroxyl groups is 1. The highest BCUT2D eigenvalue weighted by Gasteiger charge is 2.46. The molecule has 8 heteroatoms. The molecule has 2 fully saturated rings. The highest BCUT2D eigenvalue weighted by Crippen LogP contribution is 2.34. The van der Waals surface area contributed by atoms with E-state index in [9.17, 15) is 18.7 Å². The second-order valence-corrected chi connectivity index (χ2v) is 6.48. The molecule has 0 bridgehead atoms. The van der Waals surface area contributed by atoms with Crippen LogP contribution in [0, 0.1) is 0 Å². The molecule has 0 saturated carbocycles. The van der Waals surface area contributed by atoms with E-state index in [1.165, 1.54) is 24.3 Å². The van der Waals surface area contributed by atoms with Gasteiger partial charge in [-0.25, -0.2) is 0 Å². The fourth-order valence-electron chi connectivity index (χ4n) is 3.50. The molecule has 1 aromatic carbocycles. The first-order chi connectivity index (χ1) is 12.0. The van der Waals surface area contributed by atoms with Crippen LogP contribution in [0.15, 0.2) is 24.3 Å². The molecular formula is C17H22F2N2O4. The van der Waals surface area contributed by atoms with E-state index in [1.807, 2.05) is 4.90 Å². The van der Waals surface area contributed by atoms with Gasteiger partial charge >= 0.3 is 6.61 Å². The molecule has 1 aromatic rings. The molecule has 2 aliphatic rings. The average molecular weight is 356 g/mol. The van der Waals surface area contributed by atoms with Gasteiger partial charge in [-0.1, -0.05) is 0 Å². The number of aliphatic hydroxyl groups excluding tert-OH is 1. The smallest absolute Gasteiger partial charge is 0.387 e. The number of nitrogens with one attached hydrogen (secondary N) is 1. The fraction of sp³-hybridized carbons (Fsp3) is 0.588. The lowest BCUT2D eigenvalue weighted by molar-refractivity contribution is -0.137. The van der Waals surface area contributed by atoms with Crippen molar-refractivity contribution in [3.05, 3.63) is 24.3 Å². The maximum atomic E-state index is 12.2. The van der Waals surface area contributed by atoms with Crippen LogP contribution >= 0.6 is 0 Å². The Morgan fingerprint density at radius 3 is 2.84 bits per heavy atom. The van der Waals surface area contributed by atoms with Crippen LogP contribution in [0.25, 0.3) is 0 Å². The number of nitrogens with zero attached hydrogens (tertiary/aromatic N) is 1. The molecule has 138 valence electrons. The summed E-state index contributed by atoms with van der Waals surface area (Å²) in [7, 11) is 0. The second kappa shape index (κ2) is 7.63. The Morgan fingerprint density at radius 2 is 2.20 bits per heavy atom. The standard InChI is InChI=1S/C17H22F2N2O4/c18-16(19)25-13-4-2-12(3-5-13)20-15(23)10-21-8-6-14(22)17(11-21)7-1-9-24-17/h2-5,14,16,22H,1,6-11H2,(H,20,23)/t14-,17-/m0/s1. The zero-order valence-electron chi connectivity index (χ0n) is 13.8. The summed E-state index contributed by atoms with van der Waals surface area (Å²) in [5.41, 5.74) is -0.0391. The van der Waals surface area contributed by atoms with Crippen LogP contribution in [0.2, 0.25) is 0 Å². The van der Waals surface area contributed by atoms with E-state index in [4.69, 9.17) is 4.74 Å². The van der Waals surface area contributed by atoms with Crippen molar-refractivity contribution >= 4 is 11.6 Å². The van der Waals surface area contributed by atoms with Gasteiger partial charge in [-0.05, 0) is 43.5 Å². The number of anilines is 1. The summed E-state index contributed by atoms with van der Waals surface area (Å²) in [5, 5.41) is 13.0. The Labute approximate surface area is 144 Å². The third-order valence-corrected chi connectivity index (χ3v) is 4.68. The minimum Gasteiger partial charge on any atom is -0.435 e. The number of benzene rings is 1. The van der Waals surface area contributed by atoms with Crippen LogP contribution in [0.3, 0.4) is 0 Å². The summed E-state index contributed by atoms with van der Waals surface area (Å²) in [4.78, 5) is 14.2. The fourth-order valence-corrected chi connectivity index (χ4v) is 3.50. The van der Waals surface area contributed by atoms with Gasteiger partial charge in [0.15, 0.2) is 0 Å². The first kappa shape index (κ1) is 18.0. The molecule has 3 rings (SSSR count). The number of carbonyl (C=O) groups excluding carboxylic acids is 1. The van der Waals surface area contributed by atoms with Crippen molar-refractivity contribution in [2.75, 3.05) is 31.6 Å². The number of hydrogen-bond acceptors (Lipinski definition) is 5. The lowest BCUT2D eigenvalue weighted by Gasteiger charge is -2.42. The molecule has 0 aromatic heterocycles. The summed E-state index contributed by atoms with van der Waals surface area (Å²) in [6.07, 6.45) is 1.81. The largest absolute Gasteiger partial charge is 0.435 e. The normalized spacial score (nSPS) is 27.0. The van der Waals surface area contributed by atoms with Crippen molar-refractivity contribution in [2.45, 2.75) is 37.6 Å². The molecule has 1 spiro atoms. The van der Waals surface area contributed by atoms with Crippen molar-refractivity contribution in [3.63, 3.8) is 0 Å². The van der Waals surface area contributed by atoms with Crippen molar-refractivity contribution in [2.24, 2.45) is 0 Å². The zero-order valence-corrected chi connectivity index (χ0v) is 13.8. The van der Waals surface area contributed by atoms with Crippen LogP contribution in [0.1, 0.15) is 19.3 Å². The Hall–Kier alpha value is -1.77. The van der Waals surface area contributed by atoms with Crippen molar-refractivity contribution in [1.82, 2.24) is 4.90 Å². The molecule has 1 amide bonds. The molecule has 2 N–H and O–H groups in total. The summed E-state index contributed by atoms with van der Waals surface area (Å²) in [5.74, 6) is -0.162. The molecule has 0 radical (unpaired) electrons. The van der Waals surface area contributed by atoms with Crippen molar-refractivity contribution in [1.29, 1.82) is 0 Å². The van der Waals surface area contributed by atoms with Crippen LogP contribution in [0.4, 0.5) is 14.5 Å². The van der Waals surface area contributed by atoms with E-state index in [0.29, 0.717) is 31.8 Å². The summed E-state index contributed by atoms with van der Waals surface area (Å²) < 4.78 is 34.3. The van der Waals surface area contributed by atoms with Crippen LogP contribution in [0.5, 0.6) is 5.75 Å². The minimum atomic E-state index is -2.87. The molecule has 2 saturated heterocycles. The highest BCUT2D eigenvalue weighted by molar-refractivity contribution is 5.92. The number of carbonyl (C=O) groups is 1. The van der Waals surface area contributed by atoms with Crippen molar-refractivity contribution in [3.8, 4) is 5.75 Å². The molecule has 2 atom stereocenters. The highest BCUT2D eigenvalue weighted by atomic mass is 19.3. The minimum absolute atomic E-state index is 0.0401. The van der Waals surface area contributed by atoms with E-state index < -0.39 is 18.3 Å². The van der Waals surface area contributed by atoms with Crippen molar-refractivity contribution < 1.29 is 28.2 Å². The van der Waals surface area contributed by atoms with E-state index in [1.54, 1.807) is 0 Å². The summed E-state index contributed by atoms with van der Waals surface area (Å²) in [6, 6.07) is 5.77. The number of piperidine rings is 1. The monoisotopic (exact) mass is 356 g/mol. The topological polar surface area (TPSA) is 71.0 Å². The van der Waals surface area contributed by atoms with Crippen LogP contribution in [-0.2, 0) is 9.53 Å². The number of alkyl halides is 2. The van der Waals surface area contributed by atoms with E-state index >= 15 is 0 Å². The summed E-state index contributed by atoms with van der Waals surface area (Å²) >= 11 is 0. The number of hydrogen-bond donors (Lipinski definition) is 2. The maximum Gasteiger partial charge on any atom is 0.387 e. The lowest BCUT2D eigenvalue weighted by Crippen LogP contribution is -2.57. The first-order valence-corrected chi connectivity index (χ1v) is 8.36. The van der Waals surface area contributed by atoms with Gasteiger partial charge in [-0.15, -0.1) is 0 Å². The van der Waals surface area contributed by atoms with Gasteiger partial charge in [-0.3, -0.25) is 9.69 Å². The Kier molecular flexibility index (Phi) is 5.51. The Morgan fingerprint density at radius 1 is 1.44 bits per heavy atom. The van der Waals surface area contributed by atoms with Crippen LogP contribution in [-0.4, -0.2) is 60.5 Å². The number of likely N-dealkylation sites (tertiary alicyclic amines) is 1. The Bertz CT molecular complexity index is 591. The lowest BCUT2D eigenvalue weighted by atomic mass is 9.87. The number of rotatable bonds is 5. The first-order valence-electron chi connectivity index (χ1n) is 8.36. The molecule has 25 heavy (non-hydrogen) atoms. The van der Waals surface area contributed by atoms with Gasteiger partial charge in [0, 0.05) is 25.4 Å². The van der Waals surface area contributed by atoms with Gasteiger partial charge < -0.3 is 19.9 Å². The molecular weight excluding hydrogens is 334 g/mol. The van der Waals surface area contributed by atoms with Crippen LogP contribution < -0.4 is 10.1 Å². The average Bonchev–Trinajstić information content (AvgIpc) is 3.02. The molecule has 6 nitrogen and oxygen atoms in total. The van der Waals surface area contributed by atoms with Gasteiger partial charge in [0.05, 0.1) is 12.6 Å². The van der Waals surface area contributed by atoms with Gasteiger partial charge in [-0.2, -0.15) is 8.78 Å². The van der Waals surface area contributed by atoms with Gasteiger partial charge in [0.1, 0.15) is 11.4 Å². The third kappa shape index (κ3) is 4.45. The number of amides is 1. The zero-order chi connectivity index (χ0) is 17.9. The van der Waals surface area contributed by atoms with E-state index in [-0.39, 0.29) is 18.2 Å². The quantitative estimate of drug-likeness (QED) is 0.843. The maximum absolute atomic E-state index is 12.2. The second-order valence-electron chi connectivity index (χ2n) is 6.48.